The number of aromatic nitrogens is 1. The molecule has 1 atom stereocenters. The van der Waals surface area contributed by atoms with Crippen molar-refractivity contribution in [1.82, 2.24) is 4.98 Å². The molecule has 0 aliphatic rings. The summed E-state index contributed by atoms with van der Waals surface area (Å²) in [7, 11) is 0. The Morgan fingerprint density at radius 2 is 2.21 bits per heavy atom. The number of H-pyrrole nitrogens is 1. The summed E-state index contributed by atoms with van der Waals surface area (Å²) in [6.07, 6.45) is -0.278. The molecular weight excluding hydrogens is 178 g/mol. The Bertz CT molecular complexity index is 414. The second-order valence-electron chi connectivity index (χ2n) is 3.16. The highest BCUT2D eigenvalue weighted by Gasteiger charge is 2.08. The van der Waals surface area contributed by atoms with Crippen LogP contribution in [0.25, 0.3) is 10.9 Å². The first kappa shape index (κ1) is 8.81. The van der Waals surface area contributed by atoms with Gasteiger partial charge in [-0.2, -0.15) is 0 Å². The maximum absolute atomic E-state index is 10.0. The lowest BCUT2D eigenvalue weighted by Gasteiger charge is -2.04. The number of nitrogens with one attached hydrogen (secondary N) is 1. The maximum Gasteiger partial charge on any atom is 0.418 e. The molecule has 0 spiro atoms. The molecule has 71 valence electrons. The first-order valence-corrected chi connectivity index (χ1v) is 4.41. The van der Waals surface area contributed by atoms with Gasteiger partial charge in [-0.1, -0.05) is 18.2 Å². The summed E-state index contributed by atoms with van der Waals surface area (Å²) < 4.78 is 4.72. The van der Waals surface area contributed by atoms with Gasteiger partial charge in [0.05, 0.1) is 5.69 Å². The Kier molecular flexibility index (Phi) is 2.23. The Morgan fingerprint density at radius 1 is 1.43 bits per heavy atom. The monoisotopic (exact) mass is 188 g/mol. The Labute approximate surface area is 81.7 Å². The van der Waals surface area contributed by atoms with Gasteiger partial charge >= 0.3 is 6.47 Å². The molecule has 0 saturated heterocycles. The van der Waals surface area contributed by atoms with Gasteiger partial charge in [0.2, 0.25) is 0 Å². The Hall–Kier alpha value is -1.77. The van der Waals surface area contributed by atoms with Crippen LogP contribution in [0.2, 0.25) is 0 Å². The minimum atomic E-state index is -0.278. The lowest BCUT2D eigenvalue weighted by Crippen LogP contribution is -1.97. The lowest BCUT2D eigenvalue weighted by atomic mass is 10.2. The van der Waals surface area contributed by atoms with Crippen molar-refractivity contribution >= 4 is 17.4 Å². The van der Waals surface area contributed by atoms with E-state index in [2.05, 4.69) is 4.98 Å². The predicted molar refractivity (Wildman–Crippen MR) is 53.5 cm³/mol. The van der Waals surface area contributed by atoms with E-state index in [0.29, 0.717) is 0 Å². The van der Waals surface area contributed by atoms with E-state index in [1.165, 1.54) is 6.47 Å². The highest BCUT2D eigenvalue weighted by Crippen LogP contribution is 2.21. The van der Waals surface area contributed by atoms with Gasteiger partial charge in [0.15, 0.2) is 0 Å². The fourth-order valence-corrected chi connectivity index (χ4v) is 1.45. The van der Waals surface area contributed by atoms with Gasteiger partial charge in [0.25, 0.3) is 0 Å². The summed E-state index contributed by atoms with van der Waals surface area (Å²) >= 11 is 0. The van der Waals surface area contributed by atoms with E-state index in [0.717, 1.165) is 16.6 Å². The van der Waals surface area contributed by atoms with Crippen molar-refractivity contribution < 1.29 is 9.53 Å². The SMILES string of the molecule is CC(O[C]=O)c1cc2ccccc2[nH]1. The zero-order valence-electron chi connectivity index (χ0n) is 7.78. The number of para-hydroxylation sites is 1. The molecule has 1 N–H and O–H groups in total. The summed E-state index contributed by atoms with van der Waals surface area (Å²) in [4.78, 5) is 13.2. The minimum Gasteiger partial charge on any atom is -0.448 e. The molecule has 3 heteroatoms. The minimum absolute atomic E-state index is 0.278. The summed E-state index contributed by atoms with van der Waals surface area (Å²) in [5.74, 6) is 0. The number of hydrogen-bond donors (Lipinski definition) is 1. The summed E-state index contributed by atoms with van der Waals surface area (Å²) in [5, 5.41) is 1.11. The van der Waals surface area contributed by atoms with Crippen LogP contribution < -0.4 is 0 Å². The van der Waals surface area contributed by atoms with Crippen molar-refractivity contribution in [3.63, 3.8) is 0 Å². The van der Waals surface area contributed by atoms with Crippen LogP contribution in [0.5, 0.6) is 0 Å². The summed E-state index contributed by atoms with van der Waals surface area (Å²) in [5.41, 5.74) is 1.93. The number of fused-ring (bicyclic) bond motifs is 1. The van der Waals surface area contributed by atoms with Crippen LogP contribution in [0.1, 0.15) is 18.7 Å². The molecule has 1 aromatic carbocycles. The molecule has 0 aliphatic carbocycles. The maximum atomic E-state index is 10.0. The molecule has 1 aromatic heterocycles. The third-order valence-corrected chi connectivity index (χ3v) is 2.21. The summed E-state index contributed by atoms with van der Waals surface area (Å²) in [6.45, 7) is 3.24. The van der Waals surface area contributed by atoms with E-state index in [1.807, 2.05) is 30.3 Å². The second-order valence-corrected chi connectivity index (χ2v) is 3.16. The molecule has 2 rings (SSSR count). The van der Waals surface area contributed by atoms with E-state index in [9.17, 15) is 4.79 Å². The molecule has 14 heavy (non-hydrogen) atoms. The number of benzene rings is 1. The van der Waals surface area contributed by atoms with E-state index in [1.54, 1.807) is 6.92 Å². The van der Waals surface area contributed by atoms with E-state index >= 15 is 0 Å². The zero-order chi connectivity index (χ0) is 9.97. The molecule has 0 fully saturated rings. The molecule has 0 bridgehead atoms. The first-order valence-electron chi connectivity index (χ1n) is 4.41. The van der Waals surface area contributed by atoms with Crippen molar-refractivity contribution in [2.45, 2.75) is 13.0 Å². The molecule has 1 unspecified atom stereocenters. The second kappa shape index (κ2) is 3.54. The van der Waals surface area contributed by atoms with Gasteiger partial charge in [-0.25, -0.2) is 4.79 Å². The number of rotatable bonds is 3. The molecule has 0 aliphatic heterocycles. The molecule has 2 aromatic rings. The fraction of sp³-hybridized carbons (Fsp3) is 0.182. The highest BCUT2D eigenvalue weighted by atomic mass is 16.5. The van der Waals surface area contributed by atoms with Gasteiger partial charge in [0, 0.05) is 5.52 Å². The average Bonchev–Trinajstić information content (AvgIpc) is 2.61. The number of carbonyl (C=O) groups excluding carboxylic acids is 1. The van der Waals surface area contributed by atoms with Crippen LogP contribution in [0.4, 0.5) is 0 Å². The van der Waals surface area contributed by atoms with Crippen LogP contribution >= 0.6 is 0 Å². The van der Waals surface area contributed by atoms with Gasteiger partial charge < -0.3 is 9.72 Å². The van der Waals surface area contributed by atoms with Gasteiger partial charge in [-0.15, -0.1) is 0 Å². The Balaban J connectivity index is 2.39. The van der Waals surface area contributed by atoms with Crippen molar-refractivity contribution in [1.29, 1.82) is 0 Å². The lowest BCUT2D eigenvalue weighted by molar-refractivity contribution is 0.194. The number of aromatic amines is 1. The van der Waals surface area contributed by atoms with Crippen molar-refractivity contribution in [2.24, 2.45) is 0 Å². The average molecular weight is 188 g/mol. The molecule has 1 heterocycles. The van der Waals surface area contributed by atoms with E-state index in [4.69, 9.17) is 4.74 Å². The van der Waals surface area contributed by atoms with Gasteiger partial charge in [-0.3, -0.25) is 0 Å². The van der Waals surface area contributed by atoms with Gasteiger partial charge in [0.1, 0.15) is 6.10 Å². The number of hydrogen-bond acceptors (Lipinski definition) is 2. The highest BCUT2D eigenvalue weighted by molar-refractivity contribution is 5.80. The van der Waals surface area contributed by atoms with Crippen molar-refractivity contribution in [2.75, 3.05) is 0 Å². The van der Waals surface area contributed by atoms with E-state index in [-0.39, 0.29) is 6.10 Å². The standard InChI is InChI=1S/C11H10NO2/c1-8(14-7-13)11-6-9-4-2-3-5-10(9)12-11/h2-6,8,12H,1H3. The third kappa shape index (κ3) is 1.48. The van der Waals surface area contributed by atoms with Gasteiger partial charge in [-0.05, 0) is 24.4 Å². The largest absolute Gasteiger partial charge is 0.448 e. The van der Waals surface area contributed by atoms with Crippen molar-refractivity contribution in [3.8, 4) is 0 Å². The topological polar surface area (TPSA) is 42.1 Å². The third-order valence-electron chi connectivity index (χ3n) is 2.21. The first-order chi connectivity index (χ1) is 6.81. The Morgan fingerprint density at radius 3 is 2.93 bits per heavy atom. The predicted octanol–water partition coefficient (Wildman–Crippen LogP) is 2.31. The number of ether oxygens (including phenoxy) is 1. The fourth-order valence-electron chi connectivity index (χ4n) is 1.45. The smallest absolute Gasteiger partial charge is 0.418 e. The zero-order valence-corrected chi connectivity index (χ0v) is 7.78. The van der Waals surface area contributed by atoms with Crippen LogP contribution in [0, 0.1) is 0 Å². The van der Waals surface area contributed by atoms with Crippen LogP contribution in [-0.2, 0) is 9.53 Å². The quantitative estimate of drug-likeness (QED) is 0.803. The molecule has 0 saturated carbocycles. The molecule has 0 amide bonds. The molecule has 3 nitrogen and oxygen atoms in total. The normalized spacial score (nSPS) is 12.6. The summed E-state index contributed by atoms with van der Waals surface area (Å²) in [6, 6.07) is 9.89. The van der Waals surface area contributed by atoms with Crippen molar-refractivity contribution in [3.05, 3.63) is 36.0 Å². The van der Waals surface area contributed by atoms with Crippen LogP contribution in [0.3, 0.4) is 0 Å². The molecule has 1 radical (unpaired) electrons. The molecular formula is C11H10NO2. The van der Waals surface area contributed by atoms with E-state index < -0.39 is 0 Å². The van der Waals surface area contributed by atoms with Crippen LogP contribution in [-0.4, -0.2) is 11.5 Å². The van der Waals surface area contributed by atoms with Crippen LogP contribution in [0.15, 0.2) is 30.3 Å².